The molecule has 210 valence electrons. The van der Waals surface area contributed by atoms with Gasteiger partial charge in [0, 0.05) is 36.4 Å². The molecule has 0 aliphatic carbocycles. The van der Waals surface area contributed by atoms with Gasteiger partial charge >= 0.3 is 0 Å². The van der Waals surface area contributed by atoms with E-state index in [1.807, 2.05) is 38.4 Å². The lowest BCUT2D eigenvalue weighted by atomic mass is 10.1. The Morgan fingerprint density at radius 3 is 2.39 bits per heavy atom. The van der Waals surface area contributed by atoms with Crippen molar-refractivity contribution < 1.29 is 23.2 Å². The van der Waals surface area contributed by atoms with Crippen LogP contribution in [0, 0.1) is 0 Å². The lowest BCUT2D eigenvalue weighted by Crippen LogP contribution is -2.28. The molecule has 41 heavy (non-hydrogen) atoms. The normalized spacial score (nSPS) is 11.1. The van der Waals surface area contributed by atoms with Crippen molar-refractivity contribution in [2.24, 2.45) is 7.05 Å². The van der Waals surface area contributed by atoms with Crippen molar-refractivity contribution >= 4 is 40.1 Å². The van der Waals surface area contributed by atoms with Crippen molar-refractivity contribution in [3.05, 3.63) is 96.2 Å². The van der Waals surface area contributed by atoms with Crippen LogP contribution in [0.15, 0.2) is 87.8 Å². The van der Waals surface area contributed by atoms with Crippen LogP contribution in [-0.4, -0.2) is 54.4 Å². The van der Waals surface area contributed by atoms with Crippen LogP contribution in [-0.2, 0) is 7.05 Å². The highest BCUT2D eigenvalue weighted by Crippen LogP contribution is 2.26. The number of carbonyl (C=O) groups excluding carboxylic acids is 3. The first-order chi connectivity index (χ1) is 19.8. The zero-order valence-corrected chi connectivity index (χ0v) is 23.1. The summed E-state index contributed by atoms with van der Waals surface area (Å²) in [5.41, 5.74) is 2.78. The average Bonchev–Trinajstić information content (AvgIpc) is 3.69. The average molecular weight is 554 g/mol. The molecule has 0 bridgehead atoms. The minimum absolute atomic E-state index is 0.107. The summed E-state index contributed by atoms with van der Waals surface area (Å²) in [6, 6.07) is 21.1. The molecule has 10 heteroatoms. The molecule has 3 amide bonds. The van der Waals surface area contributed by atoms with E-state index >= 15 is 0 Å². The van der Waals surface area contributed by atoms with Crippen LogP contribution in [0.2, 0.25) is 0 Å². The van der Waals surface area contributed by atoms with Crippen molar-refractivity contribution in [3.63, 3.8) is 0 Å². The molecule has 5 aromatic rings. The van der Waals surface area contributed by atoms with Crippen molar-refractivity contribution in [1.29, 1.82) is 0 Å². The molecule has 0 saturated carbocycles. The van der Waals surface area contributed by atoms with Crippen LogP contribution < -0.4 is 16.0 Å². The number of furan rings is 2. The van der Waals surface area contributed by atoms with Crippen molar-refractivity contribution in [2.75, 3.05) is 37.8 Å². The molecule has 10 nitrogen and oxygen atoms in total. The number of benzene rings is 2. The van der Waals surface area contributed by atoms with Crippen LogP contribution in [0.1, 0.15) is 38.0 Å². The number of fused-ring (bicyclic) bond motifs is 1. The number of aromatic nitrogens is 1. The number of nitrogens with zero attached hydrogens (tertiary/aromatic N) is 2. The van der Waals surface area contributed by atoms with E-state index in [1.54, 1.807) is 66.3 Å². The largest absolute Gasteiger partial charge is 0.451 e. The number of nitrogens with one attached hydrogen (secondary N) is 3. The molecule has 3 heterocycles. The zero-order chi connectivity index (χ0) is 28.9. The first-order valence-electron chi connectivity index (χ1n) is 13.2. The summed E-state index contributed by atoms with van der Waals surface area (Å²) in [6.07, 6.45) is 2.51. The predicted octanol–water partition coefficient (Wildman–Crippen LogP) is 5.22. The van der Waals surface area contributed by atoms with Crippen molar-refractivity contribution in [3.8, 4) is 11.3 Å². The number of hydrogen-bond donors (Lipinski definition) is 3. The number of hydrogen-bond acceptors (Lipinski definition) is 6. The second-order valence-corrected chi connectivity index (χ2v) is 9.94. The molecule has 0 atom stereocenters. The topological polar surface area (TPSA) is 122 Å². The standard InChI is InChI=1S/C31H31N5O5/c1-35(2)15-7-14-32-29(37)24-18-23(19-36(24)3)34-30(38)27-13-12-26(40-27)20-9-6-10-22(16-20)33-31(39)28-17-21-8-4-5-11-25(21)41-28/h4-6,8-13,16-19H,7,14-15H2,1-3H3,(H,32,37)(H,33,39)(H,34,38). The van der Waals surface area contributed by atoms with Gasteiger partial charge in [0.25, 0.3) is 17.7 Å². The molecular formula is C31H31N5O5. The quantitative estimate of drug-likeness (QED) is 0.204. The minimum Gasteiger partial charge on any atom is -0.451 e. The molecule has 0 unspecified atom stereocenters. The Morgan fingerprint density at radius 2 is 1.59 bits per heavy atom. The molecule has 0 saturated heterocycles. The third-order valence-electron chi connectivity index (χ3n) is 6.45. The smallest absolute Gasteiger partial charge is 0.291 e. The summed E-state index contributed by atoms with van der Waals surface area (Å²) in [5.74, 6) is -0.258. The van der Waals surface area contributed by atoms with Gasteiger partial charge in [-0.2, -0.15) is 0 Å². The van der Waals surface area contributed by atoms with Gasteiger partial charge in [-0.1, -0.05) is 30.3 Å². The maximum Gasteiger partial charge on any atom is 0.291 e. The van der Waals surface area contributed by atoms with Crippen molar-refractivity contribution in [1.82, 2.24) is 14.8 Å². The second kappa shape index (κ2) is 12.0. The third-order valence-corrected chi connectivity index (χ3v) is 6.45. The summed E-state index contributed by atoms with van der Waals surface area (Å²) in [5, 5.41) is 9.36. The highest BCUT2D eigenvalue weighted by molar-refractivity contribution is 6.05. The first-order valence-corrected chi connectivity index (χ1v) is 13.2. The molecule has 0 radical (unpaired) electrons. The molecule has 3 aromatic heterocycles. The van der Waals surface area contributed by atoms with Gasteiger partial charge < -0.3 is 34.3 Å². The number of para-hydroxylation sites is 1. The van der Waals surface area contributed by atoms with Gasteiger partial charge in [-0.05, 0) is 69.5 Å². The number of rotatable bonds is 10. The van der Waals surface area contributed by atoms with E-state index in [-0.39, 0.29) is 23.3 Å². The zero-order valence-electron chi connectivity index (χ0n) is 23.1. The fourth-order valence-corrected chi connectivity index (χ4v) is 4.39. The molecule has 0 fully saturated rings. The van der Waals surface area contributed by atoms with Gasteiger partial charge in [-0.25, -0.2) is 0 Å². The number of carbonyl (C=O) groups is 3. The highest BCUT2D eigenvalue weighted by atomic mass is 16.4. The van der Waals surface area contributed by atoms with Gasteiger partial charge in [0.1, 0.15) is 17.0 Å². The van der Waals surface area contributed by atoms with Gasteiger partial charge in [0.2, 0.25) is 0 Å². The van der Waals surface area contributed by atoms with E-state index < -0.39 is 5.91 Å². The molecule has 0 aliphatic rings. The Bertz CT molecular complexity index is 1680. The Labute approximate surface area is 236 Å². The minimum atomic E-state index is -0.450. The highest BCUT2D eigenvalue weighted by Gasteiger charge is 2.17. The molecule has 3 N–H and O–H groups in total. The Balaban J connectivity index is 1.21. The molecule has 2 aromatic carbocycles. The van der Waals surface area contributed by atoms with Crippen LogP contribution in [0.4, 0.5) is 11.4 Å². The monoisotopic (exact) mass is 553 g/mol. The fraction of sp³-hybridized carbons (Fsp3) is 0.194. The van der Waals surface area contributed by atoms with E-state index in [4.69, 9.17) is 8.83 Å². The lowest BCUT2D eigenvalue weighted by molar-refractivity contribution is 0.0942. The Kier molecular flexibility index (Phi) is 8.02. The Morgan fingerprint density at radius 1 is 0.805 bits per heavy atom. The Hall–Kier alpha value is -5.09. The van der Waals surface area contributed by atoms with E-state index in [0.717, 1.165) is 18.4 Å². The van der Waals surface area contributed by atoms with E-state index in [2.05, 4.69) is 20.9 Å². The number of amides is 3. The number of aryl methyl sites for hydroxylation is 1. The predicted molar refractivity (Wildman–Crippen MR) is 157 cm³/mol. The fourth-order valence-electron chi connectivity index (χ4n) is 4.39. The van der Waals surface area contributed by atoms with Crippen LogP contribution >= 0.6 is 0 Å². The molecular weight excluding hydrogens is 522 g/mol. The third kappa shape index (κ3) is 6.56. The summed E-state index contributed by atoms with van der Waals surface area (Å²) >= 11 is 0. The number of anilines is 2. The van der Waals surface area contributed by atoms with Gasteiger partial charge in [-0.15, -0.1) is 0 Å². The summed E-state index contributed by atoms with van der Waals surface area (Å²) in [7, 11) is 5.71. The van der Waals surface area contributed by atoms with Crippen LogP contribution in [0.3, 0.4) is 0 Å². The molecule has 0 spiro atoms. The van der Waals surface area contributed by atoms with E-state index in [1.165, 1.54) is 0 Å². The molecule has 5 rings (SSSR count). The molecule has 0 aliphatic heterocycles. The summed E-state index contributed by atoms with van der Waals surface area (Å²) in [4.78, 5) is 40.2. The van der Waals surface area contributed by atoms with Crippen LogP contribution in [0.25, 0.3) is 22.3 Å². The lowest BCUT2D eigenvalue weighted by Gasteiger charge is -2.10. The van der Waals surface area contributed by atoms with Gasteiger partial charge in [0.05, 0.1) is 5.69 Å². The van der Waals surface area contributed by atoms with Gasteiger partial charge in [0.15, 0.2) is 11.5 Å². The van der Waals surface area contributed by atoms with Crippen molar-refractivity contribution in [2.45, 2.75) is 6.42 Å². The maximum absolute atomic E-state index is 12.9. The van der Waals surface area contributed by atoms with Gasteiger partial charge in [-0.3, -0.25) is 14.4 Å². The van der Waals surface area contributed by atoms with E-state index in [0.29, 0.717) is 40.5 Å². The summed E-state index contributed by atoms with van der Waals surface area (Å²) in [6.45, 7) is 1.44. The maximum atomic E-state index is 12.9. The van der Waals surface area contributed by atoms with E-state index in [9.17, 15) is 14.4 Å². The van der Waals surface area contributed by atoms with Crippen LogP contribution in [0.5, 0.6) is 0 Å². The summed E-state index contributed by atoms with van der Waals surface area (Å²) < 4.78 is 13.1. The first kappa shape index (κ1) is 27.5. The second-order valence-electron chi connectivity index (χ2n) is 9.94. The SMILES string of the molecule is CN(C)CCCNC(=O)c1cc(NC(=O)c2ccc(-c3cccc(NC(=O)c4cc5ccccc5o4)c3)o2)cn1C.